The van der Waals surface area contributed by atoms with Crippen molar-refractivity contribution < 1.29 is 19.8 Å². The second-order valence-corrected chi connectivity index (χ2v) is 19.0. The molecule has 10 atom stereocenters. The first-order chi connectivity index (χ1) is 28.4. The molecule has 10 heteroatoms. The van der Waals surface area contributed by atoms with Gasteiger partial charge in [0, 0.05) is 72.5 Å². The maximum Gasteiger partial charge on any atom is 0.226 e. The van der Waals surface area contributed by atoms with E-state index in [1.54, 1.807) is 0 Å². The van der Waals surface area contributed by atoms with Crippen molar-refractivity contribution in [3.8, 4) is 0 Å². The summed E-state index contributed by atoms with van der Waals surface area (Å²) in [6.45, 7) is 5.47. The van der Waals surface area contributed by atoms with Crippen LogP contribution in [-0.4, -0.2) is 93.3 Å². The van der Waals surface area contributed by atoms with Crippen LogP contribution >= 0.6 is 0 Å². The number of piperidine rings is 2. The van der Waals surface area contributed by atoms with Crippen LogP contribution in [0.2, 0.25) is 0 Å². The molecule has 2 aromatic heterocycles. The second kappa shape index (κ2) is 16.4. The number of aliphatic hydroxyl groups is 2. The maximum atomic E-state index is 13.7. The highest BCUT2D eigenvalue weighted by molar-refractivity contribution is 5.86. The summed E-state index contributed by atoms with van der Waals surface area (Å²) >= 11 is 0. The molecule has 4 fully saturated rings. The van der Waals surface area contributed by atoms with Crippen molar-refractivity contribution >= 4 is 33.6 Å². The predicted molar refractivity (Wildman–Crippen MR) is 227 cm³/mol. The fourth-order valence-corrected chi connectivity index (χ4v) is 13.0. The molecular weight excluding hydrogens is 725 g/mol. The van der Waals surface area contributed by atoms with Crippen molar-refractivity contribution in [2.24, 2.45) is 35.5 Å². The molecule has 6 N–H and O–H groups in total. The fraction of sp³-hybridized carbons (Fsp3) is 0.625. The van der Waals surface area contributed by atoms with Gasteiger partial charge in [0.25, 0.3) is 0 Å². The summed E-state index contributed by atoms with van der Waals surface area (Å²) in [5.74, 6) is 0.729. The molecule has 0 radical (unpaired) electrons. The Balaban J connectivity index is 0.653. The van der Waals surface area contributed by atoms with Gasteiger partial charge in [-0.05, 0) is 111 Å². The summed E-state index contributed by atoms with van der Waals surface area (Å²) in [6, 6.07) is 17.8. The number of aliphatic hydroxyl groups excluding tert-OH is 2. The maximum absolute atomic E-state index is 13.7. The number of benzene rings is 2. The molecule has 10 nitrogen and oxygen atoms in total. The number of H-pyrrole nitrogens is 2. The monoisotopic (exact) mass is 788 g/mol. The molecule has 6 heterocycles. The topological polar surface area (TPSA) is 137 Å². The molecule has 2 aromatic carbocycles. The van der Waals surface area contributed by atoms with E-state index in [-0.39, 0.29) is 47.6 Å². The average Bonchev–Trinajstić information content (AvgIpc) is 3.82. The second-order valence-electron chi connectivity index (χ2n) is 19.0. The molecule has 2 saturated heterocycles. The van der Waals surface area contributed by atoms with Crippen LogP contribution in [0, 0.1) is 35.5 Å². The summed E-state index contributed by atoms with van der Waals surface area (Å²) in [5, 5.41) is 31.5. The molecule has 2 amide bonds. The van der Waals surface area contributed by atoms with Crippen molar-refractivity contribution in [2.45, 2.75) is 114 Å². The first-order valence-electron chi connectivity index (χ1n) is 23.0. The van der Waals surface area contributed by atoms with Crippen LogP contribution in [0.4, 0.5) is 0 Å². The van der Waals surface area contributed by atoms with Crippen molar-refractivity contribution in [3.63, 3.8) is 0 Å². The average molecular weight is 789 g/mol. The van der Waals surface area contributed by atoms with E-state index >= 15 is 0 Å². The van der Waals surface area contributed by atoms with E-state index in [1.807, 2.05) is 0 Å². The number of aromatic amines is 2. The molecule has 6 aliphatic rings. The number of nitrogens with one attached hydrogen (secondary N) is 4. The summed E-state index contributed by atoms with van der Waals surface area (Å²) in [4.78, 5) is 40.1. The molecule has 10 rings (SSSR count). The van der Waals surface area contributed by atoms with E-state index in [0.717, 1.165) is 103 Å². The normalized spacial score (nSPS) is 32.0. The third-order valence-corrected chi connectivity index (χ3v) is 15.9. The minimum absolute atomic E-state index is 0.0420. The Morgan fingerprint density at radius 2 is 1.03 bits per heavy atom. The number of hydrogen-bond donors (Lipinski definition) is 6. The van der Waals surface area contributed by atoms with E-state index in [2.05, 4.69) is 78.9 Å². The molecule has 0 unspecified atom stereocenters. The lowest BCUT2D eigenvalue weighted by molar-refractivity contribution is -0.140. The summed E-state index contributed by atoms with van der Waals surface area (Å²) < 4.78 is 0. The highest BCUT2D eigenvalue weighted by Gasteiger charge is 2.50. The number of fused-ring (bicyclic) bond motifs is 12. The summed E-state index contributed by atoms with van der Waals surface area (Å²) in [7, 11) is 0. The molecule has 4 aliphatic heterocycles. The van der Waals surface area contributed by atoms with Gasteiger partial charge in [0.05, 0.1) is 36.1 Å². The molecule has 58 heavy (non-hydrogen) atoms. The molecule has 2 aliphatic carbocycles. The van der Waals surface area contributed by atoms with Gasteiger partial charge in [-0.15, -0.1) is 0 Å². The first kappa shape index (κ1) is 38.5. The van der Waals surface area contributed by atoms with E-state index in [9.17, 15) is 19.8 Å². The third kappa shape index (κ3) is 7.09. The number of unbranched alkanes of at least 4 members (excludes halogenated alkanes) is 5. The fourth-order valence-electron chi connectivity index (χ4n) is 13.0. The van der Waals surface area contributed by atoms with Gasteiger partial charge in [-0.1, -0.05) is 62.1 Å². The number of hydrogen-bond acceptors (Lipinski definition) is 6. The number of para-hydroxylation sites is 2. The van der Waals surface area contributed by atoms with Crippen LogP contribution in [0.3, 0.4) is 0 Å². The highest BCUT2D eigenvalue weighted by atomic mass is 16.3. The molecular formula is C48H64N6O4. The van der Waals surface area contributed by atoms with E-state index in [4.69, 9.17) is 0 Å². The molecule has 0 spiro atoms. The Kier molecular flexibility index (Phi) is 10.9. The van der Waals surface area contributed by atoms with Gasteiger partial charge in [0.2, 0.25) is 11.8 Å². The third-order valence-electron chi connectivity index (χ3n) is 15.9. The standard InChI is InChI=1S/C48H64N6O4/c55-41-17-15-29-27-53-23-19-33-31-11-5-7-13-37(31)51-45(33)39(53)25-35(29)43(41)47(57)49-21-9-3-1-2-4-10-22-50-48(58)44-36-26-40-46-34(32-12-6-8-14-38(32)52-46)20-24-54(40)28-30(36)16-18-42(44)56/h5-8,11-14,29-30,35-36,39-44,51-52,55-56H,1-4,9-10,15-28H2,(H,49,57)(H,50,58)/t29-,30-,35-,36-,39-,40-,41-,42-,43+,44+/m0/s1. The Labute approximate surface area is 342 Å². The number of amides is 2. The van der Waals surface area contributed by atoms with Gasteiger partial charge in [0.1, 0.15) is 0 Å². The highest BCUT2D eigenvalue weighted by Crippen LogP contribution is 2.51. The predicted octanol–water partition coefficient (Wildman–Crippen LogP) is 6.53. The lowest BCUT2D eigenvalue weighted by Crippen LogP contribution is -2.54. The Morgan fingerprint density at radius 1 is 0.603 bits per heavy atom. The van der Waals surface area contributed by atoms with Crippen LogP contribution in [0.1, 0.15) is 112 Å². The Bertz CT molecular complexity index is 1960. The summed E-state index contributed by atoms with van der Waals surface area (Å²) in [5.41, 5.74) is 7.94. The molecule has 0 bridgehead atoms. The van der Waals surface area contributed by atoms with Crippen molar-refractivity contribution in [3.05, 3.63) is 71.0 Å². The van der Waals surface area contributed by atoms with Gasteiger partial charge in [-0.3, -0.25) is 19.4 Å². The zero-order chi connectivity index (χ0) is 39.3. The van der Waals surface area contributed by atoms with Crippen LogP contribution in [0.15, 0.2) is 48.5 Å². The quantitative estimate of drug-likeness (QED) is 0.0957. The number of aromatic nitrogens is 2. The van der Waals surface area contributed by atoms with E-state index < -0.39 is 12.2 Å². The molecule has 4 aromatic rings. The number of rotatable bonds is 11. The van der Waals surface area contributed by atoms with Gasteiger partial charge < -0.3 is 30.8 Å². The SMILES string of the molecule is O=C(NCCCCCCCCNC(=O)[C@@H]1[C@H]2C[C@H]3c4[nH]c5ccccc5c4CCN3C[C@@H]2CC[C@@H]1O)[C@@H]1[C@H]2C[C@H]3c4[nH]c5ccccc5c4CCN3C[C@@H]2CC[C@@H]1O. The van der Waals surface area contributed by atoms with Crippen LogP contribution < -0.4 is 10.6 Å². The van der Waals surface area contributed by atoms with Crippen molar-refractivity contribution in [1.82, 2.24) is 30.4 Å². The lowest BCUT2D eigenvalue weighted by Gasteiger charge is -2.51. The Morgan fingerprint density at radius 3 is 1.50 bits per heavy atom. The van der Waals surface area contributed by atoms with E-state index in [1.165, 1.54) is 44.3 Å². The summed E-state index contributed by atoms with van der Waals surface area (Å²) in [6.07, 6.45) is 12.5. The largest absolute Gasteiger partial charge is 0.392 e. The van der Waals surface area contributed by atoms with Gasteiger partial charge in [-0.25, -0.2) is 0 Å². The minimum atomic E-state index is -0.569. The van der Waals surface area contributed by atoms with Gasteiger partial charge in [0.15, 0.2) is 0 Å². The van der Waals surface area contributed by atoms with Gasteiger partial charge >= 0.3 is 0 Å². The zero-order valence-corrected chi connectivity index (χ0v) is 34.1. The van der Waals surface area contributed by atoms with Crippen LogP contribution in [-0.2, 0) is 22.4 Å². The van der Waals surface area contributed by atoms with Gasteiger partial charge in [-0.2, -0.15) is 0 Å². The molecule has 310 valence electrons. The first-order valence-corrected chi connectivity index (χ1v) is 23.0. The van der Waals surface area contributed by atoms with Crippen molar-refractivity contribution in [1.29, 1.82) is 0 Å². The molecule has 2 saturated carbocycles. The van der Waals surface area contributed by atoms with E-state index in [0.29, 0.717) is 37.8 Å². The zero-order valence-electron chi connectivity index (χ0n) is 34.1. The van der Waals surface area contributed by atoms with Crippen LogP contribution in [0.25, 0.3) is 21.8 Å². The number of carbonyl (C=O) groups is 2. The van der Waals surface area contributed by atoms with Crippen molar-refractivity contribution in [2.75, 3.05) is 39.3 Å². The Hall–Kier alpha value is -3.70. The smallest absolute Gasteiger partial charge is 0.226 e. The minimum Gasteiger partial charge on any atom is -0.392 e. The lowest BCUT2D eigenvalue weighted by atomic mass is 9.64. The number of nitrogens with zero attached hydrogens (tertiary/aromatic N) is 2. The number of carbonyl (C=O) groups excluding carboxylic acids is 2. The van der Waals surface area contributed by atoms with Crippen LogP contribution in [0.5, 0.6) is 0 Å².